The number of rotatable bonds is 1. The molecule has 0 aromatic rings. The second-order valence-corrected chi connectivity index (χ2v) is 1.11. The number of carbonyl (C=O) groups is 1. The molecule has 1 nitrogen and oxygen atoms in total. The van der Waals surface area contributed by atoms with Crippen molar-refractivity contribution in [3.63, 3.8) is 0 Å². The van der Waals surface area contributed by atoms with Crippen LogP contribution in [0.4, 0.5) is 0 Å². The number of carbonyl (C=O) groups excluding carboxylic acids is 1. The van der Waals surface area contributed by atoms with Crippen molar-refractivity contribution >= 4 is 5.78 Å². The zero-order valence-electron chi connectivity index (χ0n) is 4.06. The summed E-state index contributed by atoms with van der Waals surface area (Å²) in [6.45, 7) is 3.35. The Balaban J connectivity index is 3.30. The Morgan fingerprint density at radius 2 is 2.17 bits per heavy atom. The van der Waals surface area contributed by atoms with Gasteiger partial charge < -0.3 is 0 Å². The third kappa shape index (κ3) is 3.41. The highest BCUT2D eigenvalue weighted by Crippen LogP contribution is 1.69. The highest BCUT2D eigenvalue weighted by Gasteiger charge is 1.73. The highest BCUT2D eigenvalue weighted by molar-refractivity contribution is 5.87. The molecule has 0 atom stereocenters. The Morgan fingerprint density at radius 1 is 1.67 bits per heavy atom. The topological polar surface area (TPSA) is 17.1 Å². The third-order valence-electron chi connectivity index (χ3n) is 0.401. The molecule has 34 valence electrons. The van der Waals surface area contributed by atoms with Crippen LogP contribution in [-0.2, 0) is 4.79 Å². The minimum absolute atomic E-state index is 0.109. The smallest absolute Gasteiger partial charge is 0.152 e. The van der Waals surface area contributed by atoms with Gasteiger partial charge in [0.1, 0.15) is 0 Å². The van der Waals surface area contributed by atoms with E-state index >= 15 is 0 Å². The molecule has 0 aromatic heterocycles. The molecule has 0 saturated heterocycles. The van der Waals surface area contributed by atoms with Gasteiger partial charge in [-0.1, -0.05) is 6.08 Å². The molecule has 0 aliphatic carbocycles. The number of hydrogen-bond donors (Lipinski definition) is 0. The van der Waals surface area contributed by atoms with E-state index in [-0.39, 0.29) is 5.78 Å². The van der Waals surface area contributed by atoms with Crippen LogP contribution in [0.15, 0.2) is 12.2 Å². The van der Waals surface area contributed by atoms with Crippen molar-refractivity contribution in [2.75, 3.05) is 0 Å². The Morgan fingerprint density at radius 3 is 2.17 bits per heavy atom. The van der Waals surface area contributed by atoms with Crippen LogP contribution >= 0.6 is 0 Å². The zero-order valence-corrected chi connectivity index (χ0v) is 4.06. The van der Waals surface area contributed by atoms with Crippen molar-refractivity contribution in [1.29, 1.82) is 0 Å². The van der Waals surface area contributed by atoms with E-state index in [2.05, 4.69) is 0 Å². The normalized spacial score (nSPS) is 9.67. The molecule has 0 saturated carbocycles. The Bertz CT molecular complexity index is 72.0. The number of hydrogen-bond acceptors (Lipinski definition) is 1. The first-order valence-corrected chi connectivity index (χ1v) is 1.90. The molecule has 1 heteroatoms. The quantitative estimate of drug-likeness (QED) is 0.435. The fourth-order valence-electron chi connectivity index (χ4n) is 0.235. The monoisotopic (exact) mass is 84.1 g/mol. The molecule has 6 heavy (non-hydrogen) atoms. The van der Waals surface area contributed by atoms with Gasteiger partial charge in [0.05, 0.1) is 0 Å². The predicted octanol–water partition coefficient (Wildman–Crippen LogP) is 1.15. The number of allylic oxidation sites excluding steroid dienone is 2. The molecule has 0 aliphatic heterocycles. The molecular weight excluding hydrogens is 76.1 g/mol. The largest absolute Gasteiger partial charge is 0.295 e. The molecule has 0 unspecified atom stereocenters. The third-order valence-corrected chi connectivity index (χ3v) is 0.401. The van der Waals surface area contributed by atoms with Crippen LogP contribution in [0.3, 0.4) is 0 Å². The van der Waals surface area contributed by atoms with Crippen LogP contribution in [0, 0.1) is 0 Å². The van der Waals surface area contributed by atoms with E-state index in [0.717, 1.165) is 0 Å². The van der Waals surface area contributed by atoms with Crippen molar-refractivity contribution in [3.8, 4) is 0 Å². The van der Waals surface area contributed by atoms with Gasteiger partial charge in [0.2, 0.25) is 0 Å². The van der Waals surface area contributed by atoms with E-state index in [4.69, 9.17) is 0 Å². The molecule has 0 radical (unpaired) electrons. The van der Waals surface area contributed by atoms with E-state index < -0.39 is 0 Å². The van der Waals surface area contributed by atoms with E-state index in [0.29, 0.717) is 0 Å². The van der Waals surface area contributed by atoms with Gasteiger partial charge in [-0.3, -0.25) is 4.79 Å². The number of ketones is 1. The molecule has 0 aliphatic rings. The maximum absolute atomic E-state index is 9.96. The Kier molecular flexibility index (Phi) is 2.38. The fourth-order valence-corrected chi connectivity index (χ4v) is 0.235. The fraction of sp³-hybridized carbons (Fsp3) is 0.400. The van der Waals surface area contributed by atoms with Gasteiger partial charge in [-0.05, 0) is 19.9 Å². The van der Waals surface area contributed by atoms with Crippen molar-refractivity contribution in [2.24, 2.45) is 0 Å². The summed E-state index contributed by atoms with van der Waals surface area (Å²) in [5, 5.41) is 0. The van der Waals surface area contributed by atoms with E-state index in [1.807, 2.05) is 6.92 Å². The summed E-state index contributed by atoms with van der Waals surface area (Å²) >= 11 is 0. The van der Waals surface area contributed by atoms with Gasteiger partial charge in [-0.25, -0.2) is 0 Å². The lowest BCUT2D eigenvalue weighted by Crippen LogP contribution is -1.76. The lowest BCUT2D eigenvalue weighted by Gasteiger charge is -1.68. The van der Waals surface area contributed by atoms with E-state index in [1.165, 1.54) is 13.0 Å². The SMILES string of the molecule is C/C=C\C(C)=O. The van der Waals surface area contributed by atoms with Crippen molar-refractivity contribution in [1.82, 2.24) is 0 Å². The first kappa shape index (κ1) is 5.41. The lowest BCUT2D eigenvalue weighted by atomic mass is 10.4. The van der Waals surface area contributed by atoms with Gasteiger partial charge in [-0.15, -0.1) is 0 Å². The summed E-state index contributed by atoms with van der Waals surface area (Å²) < 4.78 is 0. The van der Waals surface area contributed by atoms with Crippen molar-refractivity contribution in [3.05, 3.63) is 12.2 Å². The van der Waals surface area contributed by atoms with Crippen molar-refractivity contribution in [2.45, 2.75) is 13.8 Å². The summed E-state index contributed by atoms with van der Waals surface area (Å²) in [7, 11) is 0. The van der Waals surface area contributed by atoms with Crippen molar-refractivity contribution < 1.29 is 4.79 Å². The Hall–Kier alpha value is -0.590. The van der Waals surface area contributed by atoms with Crippen LogP contribution in [0.25, 0.3) is 0 Å². The van der Waals surface area contributed by atoms with Crippen LogP contribution in [0.2, 0.25) is 0 Å². The lowest BCUT2D eigenvalue weighted by molar-refractivity contribution is -0.112. The van der Waals surface area contributed by atoms with Crippen LogP contribution in [0.5, 0.6) is 0 Å². The van der Waals surface area contributed by atoms with Crippen LogP contribution in [0.1, 0.15) is 13.8 Å². The minimum atomic E-state index is 0.109. The maximum Gasteiger partial charge on any atom is 0.152 e. The molecule has 0 N–H and O–H groups in total. The predicted molar refractivity (Wildman–Crippen MR) is 25.5 cm³/mol. The molecule has 0 heterocycles. The maximum atomic E-state index is 9.96. The summed E-state index contributed by atoms with van der Waals surface area (Å²) in [6, 6.07) is 0. The van der Waals surface area contributed by atoms with E-state index in [9.17, 15) is 4.79 Å². The molecule has 0 fully saturated rings. The Labute approximate surface area is 37.7 Å². The highest BCUT2D eigenvalue weighted by atomic mass is 16.1. The van der Waals surface area contributed by atoms with Gasteiger partial charge in [0.15, 0.2) is 5.78 Å². The average molecular weight is 84.1 g/mol. The minimum Gasteiger partial charge on any atom is -0.295 e. The molecule has 0 spiro atoms. The van der Waals surface area contributed by atoms with Gasteiger partial charge in [0.25, 0.3) is 0 Å². The summed E-state index contributed by atoms with van der Waals surface area (Å²) in [6.07, 6.45) is 3.25. The molecule has 0 bridgehead atoms. The van der Waals surface area contributed by atoms with E-state index in [1.54, 1.807) is 6.08 Å². The summed E-state index contributed by atoms with van der Waals surface area (Å²) in [5.74, 6) is 0.109. The molecule has 0 rings (SSSR count). The summed E-state index contributed by atoms with van der Waals surface area (Å²) in [4.78, 5) is 9.96. The van der Waals surface area contributed by atoms with Gasteiger partial charge in [-0.2, -0.15) is 0 Å². The zero-order chi connectivity index (χ0) is 4.99. The summed E-state index contributed by atoms with van der Waals surface area (Å²) in [5.41, 5.74) is 0. The standard InChI is InChI=1S/C5H8O/c1-3-4-5(2)6/h3-4H,1-2H3/b4-3-. The molecule has 0 amide bonds. The molecule has 0 aromatic carbocycles. The first-order chi connectivity index (χ1) is 2.77. The van der Waals surface area contributed by atoms with Crippen LogP contribution in [-0.4, -0.2) is 5.78 Å². The average Bonchev–Trinajstić information content (AvgIpc) is 1.35. The molecular formula is C5H8O. The second-order valence-electron chi connectivity index (χ2n) is 1.11. The first-order valence-electron chi connectivity index (χ1n) is 1.90. The van der Waals surface area contributed by atoms with Gasteiger partial charge >= 0.3 is 0 Å². The second kappa shape index (κ2) is 2.64. The van der Waals surface area contributed by atoms with Gasteiger partial charge in [0, 0.05) is 0 Å². The van der Waals surface area contributed by atoms with Crippen LogP contribution < -0.4 is 0 Å².